The molecule has 2 aromatic carbocycles. The monoisotopic (exact) mass is 281 g/mol. The molecule has 1 aromatic heterocycles. The topological polar surface area (TPSA) is 46.9 Å². The van der Waals surface area contributed by atoms with Crippen molar-refractivity contribution in [1.82, 2.24) is 9.78 Å². The summed E-state index contributed by atoms with van der Waals surface area (Å²) in [5, 5.41) is 6.82. The molecule has 21 heavy (non-hydrogen) atoms. The van der Waals surface area contributed by atoms with E-state index in [0.29, 0.717) is 11.4 Å². The minimum atomic E-state index is -0.468. The summed E-state index contributed by atoms with van der Waals surface area (Å²) in [6.45, 7) is 0. The smallest absolute Gasteiger partial charge is 0.257 e. The molecule has 0 aliphatic heterocycles. The normalized spacial score (nSPS) is 10.3. The number of carbonyl (C=O) groups is 1. The predicted molar refractivity (Wildman–Crippen MR) is 77.9 cm³/mol. The van der Waals surface area contributed by atoms with Crippen LogP contribution in [0.25, 0.3) is 5.69 Å². The van der Waals surface area contributed by atoms with E-state index >= 15 is 0 Å². The summed E-state index contributed by atoms with van der Waals surface area (Å²) in [5.74, 6) is -0.852. The van der Waals surface area contributed by atoms with Gasteiger partial charge < -0.3 is 5.32 Å². The quantitative estimate of drug-likeness (QED) is 0.801. The van der Waals surface area contributed by atoms with Crippen molar-refractivity contribution in [3.8, 4) is 5.69 Å². The highest BCUT2D eigenvalue weighted by molar-refractivity contribution is 6.06. The van der Waals surface area contributed by atoms with Crippen LogP contribution in [0.5, 0.6) is 0 Å². The number of nitrogens with one attached hydrogen (secondary N) is 1. The molecule has 1 amide bonds. The molecule has 0 aliphatic rings. The number of aromatic nitrogens is 2. The first kappa shape index (κ1) is 13.1. The van der Waals surface area contributed by atoms with Crippen LogP contribution in [0.15, 0.2) is 67.0 Å². The third-order valence-corrected chi connectivity index (χ3v) is 2.99. The van der Waals surface area contributed by atoms with Crippen molar-refractivity contribution in [3.05, 3.63) is 78.4 Å². The second kappa shape index (κ2) is 5.58. The van der Waals surface area contributed by atoms with Gasteiger partial charge >= 0.3 is 0 Å². The maximum atomic E-state index is 13.5. The van der Waals surface area contributed by atoms with Gasteiger partial charge in [-0.2, -0.15) is 5.10 Å². The van der Waals surface area contributed by atoms with Crippen molar-refractivity contribution in [2.45, 2.75) is 0 Å². The molecule has 0 unspecified atom stereocenters. The first-order valence-corrected chi connectivity index (χ1v) is 6.40. The Kier molecular flexibility index (Phi) is 3.47. The van der Waals surface area contributed by atoms with Gasteiger partial charge in [0.05, 0.1) is 11.3 Å². The molecule has 104 valence electrons. The van der Waals surface area contributed by atoms with Gasteiger partial charge in [0, 0.05) is 18.1 Å². The lowest BCUT2D eigenvalue weighted by molar-refractivity contribution is 0.102. The average molecular weight is 281 g/mol. The highest BCUT2D eigenvalue weighted by atomic mass is 19.1. The van der Waals surface area contributed by atoms with Crippen molar-refractivity contribution in [2.24, 2.45) is 0 Å². The van der Waals surface area contributed by atoms with Gasteiger partial charge in [-0.15, -0.1) is 0 Å². The van der Waals surface area contributed by atoms with Gasteiger partial charge in [-0.25, -0.2) is 9.07 Å². The predicted octanol–water partition coefficient (Wildman–Crippen LogP) is 3.26. The Hall–Kier alpha value is -2.95. The highest BCUT2D eigenvalue weighted by Crippen LogP contribution is 2.17. The summed E-state index contributed by atoms with van der Waals surface area (Å²) in [6.07, 6.45) is 3.30. The van der Waals surface area contributed by atoms with Crippen LogP contribution >= 0.6 is 0 Å². The standard InChI is InChI=1S/C16H12FN3O/c17-12-7-8-15(20-10-4-9-18-20)14(11-12)16(21)19-13-5-2-1-3-6-13/h1-11H,(H,19,21). The van der Waals surface area contributed by atoms with Crippen LogP contribution in [0.1, 0.15) is 10.4 Å². The van der Waals surface area contributed by atoms with E-state index in [9.17, 15) is 9.18 Å². The molecular formula is C16H12FN3O. The van der Waals surface area contributed by atoms with E-state index in [-0.39, 0.29) is 11.5 Å². The Labute approximate surface area is 120 Å². The summed E-state index contributed by atoms with van der Waals surface area (Å²) in [5.41, 5.74) is 1.40. The zero-order valence-corrected chi connectivity index (χ0v) is 11.0. The lowest BCUT2D eigenvalue weighted by atomic mass is 10.1. The largest absolute Gasteiger partial charge is 0.322 e. The van der Waals surface area contributed by atoms with Crippen molar-refractivity contribution in [1.29, 1.82) is 0 Å². The summed E-state index contributed by atoms with van der Waals surface area (Å²) >= 11 is 0. The maximum Gasteiger partial charge on any atom is 0.257 e. The Morgan fingerprint density at radius 1 is 1.10 bits per heavy atom. The molecule has 0 aliphatic carbocycles. The van der Waals surface area contributed by atoms with Gasteiger partial charge in [-0.3, -0.25) is 4.79 Å². The Balaban J connectivity index is 1.97. The zero-order valence-electron chi connectivity index (χ0n) is 11.0. The number of carbonyl (C=O) groups excluding carboxylic acids is 1. The number of rotatable bonds is 3. The number of halogens is 1. The minimum absolute atomic E-state index is 0.225. The SMILES string of the molecule is O=C(Nc1ccccc1)c1cc(F)ccc1-n1cccn1. The van der Waals surface area contributed by atoms with Crippen molar-refractivity contribution in [2.75, 3.05) is 5.32 Å². The summed E-state index contributed by atoms with van der Waals surface area (Å²) in [4.78, 5) is 12.4. The van der Waals surface area contributed by atoms with E-state index in [0.717, 1.165) is 0 Å². The van der Waals surface area contributed by atoms with E-state index in [1.807, 2.05) is 18.2 Å². The molecule has 0 saturated carbocycles. The van der Waals surface area contributed by atoms with Crippen LogP contribution in [-0.4, -0.2) is 15.7 Å². The van der Waals surface area contributed by atoms with Gasteiger partial charge in [0.15, 0.2) is 0 Å². The molecule has 0 spiro atoms. The molecule has 0 saturated heterocycles. The van der Waals surface area contributed by atoms with E-state index in [2.05, 4.69) is 10.4 Å². The third kappa shape index (κ3) is 2.81. The van der Waals surface area contributed by atoms with Gasteiger partial charge in [0.2, 0.25) is 0 Å². The van der Waals surface area contributed by atoms with Crippen LogP contribution in [0, 0.1) is 5.82 Å². The molecule has 0 atom stereocenters. The fourth-order valence-corrected chi connectivity index (χ4v) is 2.02. The Morgan fingerprint density at radius 3 is 2.62 bits per heavy atom. The summed E-state index contributed by atoms with van der Waals surface area (Å²) in [7, 11) is 0. The molecule has 5 heteroatoms. The van der Waals surface area contributed by atoms with Crippen molar-refractivity contribution >= 4 is 11.6 Å². The van der Waals surface area contributed by atoms with E-state index < -0.39 is 5.82 Å². The number of benzene rings is 2. The molecule has 0 radical (unpaired) electrons. The number of hydrogen-bond donors (Lipinski definition) is 1. The van der Waals surface area contributed by atoms with Gasteiger partial charge in [-0.05, 0) is 36.4 Å². The van der Waals surface area contributed by atoms with Crippen molar-refractivity contribution in [3.63, 3.8) is 0 Å². The minimum Gasteiger partial charge on any atom is -0.322 e. The molecule has 3 rings (SSSR count). The number of anilines is 1. The molecule has 0 fully saturated rings. The van der Waals surface area contributed by atoms with Crippen LogP contribution < -0.4 is 5.32 Å². The van der Waals surface area contributed by atoms with E-state index in [1.54, 1.807) is 30.6 Å². The van der Waals surface area contributed by atoms with E-state index in [4.69, 9.17) is 0 Å². The average Bonchev–Trinajstić information content (AvgIpc) is 3.02. The van der Waals surface area contributed by atoms with Gasteiger partial charge in [0.25, 0.3) is 5.91 Å². The summed E-state index contributed by atoms with van der Waals surface area (Å²) < 4.78 is 15.0. The van der Waals surface area contributed by atoms with Gasteiger partial charge in [0.1, 0.15) is 5.82 Å². The number of para-hydroxylation sites is 1. The Morgan fingerprint density at radius 2 is 1.90 bits per heavy atom. The molecular weight excluding hydrogens is 269 g/mol. The molecule has 1 N–H and O–H groups in total. The summed E-state index contributed by atoms with van der Waals surface area (Å²) in [6, 6.07) is 14.8. The lowest BCUT2D eigenvalue weighted by Crippen LogP contribution is -2.15. The molecule has 1 heterocycles. The van der Waals surface area contributed by atoms with E-state index in [1.165, 1.54) is 22.9 Å². The fraction of sp³-hybridized carbons (Fsp3) is 0. The Bertz CT molecular complexity index is 754. The number of nitrogens with zero attached hydrogens (tertiary/aromatic N) is 2. The third-order valence-electron chi connectivity index (χ3n) is 2.99. The molecule has 0 bridgehead atoms. The van der Waals surface area contributed by atoms with Crippen LogP contribution in [0.4, 0.5) is 10.1 Å². The van der Waals surface area contributed by atoms with Crippen LogP contribution in [0.2, 0.25) is 0 Å². The highest BCUT2D eigenvalue weighted by Gasteiger charge is 2.14. The van der Waals surface area contributed by atoms with Crippen LogP contribution in [0.3, 0.4) is 0 Å². The number of amides is 1. The molecule has 4 nitrogen and oxygen atoms in total. The van der Waals surface area contributed by atoms with Crippen molar-refractivity contribution < 1.29 is 9.18 Å². The maximum absolute atomic E-state index is 13.5. The number of hydrogen-bond acceptors (Lipinski definition) is 2. The molecule has 3 aromatic rings. The second-order valence-corrected chi connectivity index (χ2v) is 4.43. The lowest BCUT2D eigenvalue weighted by Gasteiger charge is -2.10. The first-order chi connectivity index (χ1) is 10.2. The zero-order chi connectivity index (χ0) is 14.7. The van der Waals surface area contributed by atoms with Gasteiger partial charge in [-0.1, -0.05) is 18.2 Å². The van der Waals surface area contributed by atoms with Crippen LogP contribution in [-0.2, 0) is 0 Å². The second-order valence-electron chi connectivity index (χ2n) is 4.43. The first-order valence-electron chi connectivity index (χ1n) is 6.40. The fourth-order valence-electron chi connectivity index (χ4n) is 2.02.